The van der Waals surface area contributed by atoms with Gasteiger partial charge in [-0.25, -0.2) is 4.79 Å². The van der Waals surface area contributed by atoms with Gasteiger partial charge in [-0.2, -0.15) is 0 Å². The number of hydrogen-bond acceptors (Lipinski definition) is 6. The number of primary amides is 1. The smallest absolute Gasteiger partial charge is 0.321 e. The van der Waals surface area contributed by atoms with Gasteiger partial charge in [-0.3, -0.25) is 10.3 Å². The quantitative estimate of drug-likeness (QED) is 0.0862. The summed E-state index contributed by atoms with van der Waals surface area (Å²) in [6.07, 6.45) is 6.10. The van der Waals surface area contributed by atoms with Gasteiger partial charge >= 0.3 is 6.03 Å². The summed E-state index contributed by atoms with van der Waals surface area (Å²) in [7, 11) is 0. The van der Waals surface area contributed by atoms with Gasteiger partial charge in [-0.1, -0.05) is 26.8 Å². The number of nitrogens with zero attached hydrogens (tertiary/aromatic N) is 1. The molecule has 1 heterocycles. The van der Waals surface area contributed by atoms with Gasteiger partial charge in [0.2, 0.25) is 0 Å². The lowest BCUT2D eigenvalue weighted by Crippen LogP contribution is -2.55. The standard InChI is InChI=1S/C24H38IN5O3/c1-5-6-21(29-12-9-16-7-10-28-11-8-16)24(4,25)30(23(27)33)22(26)18-13-17(15(2)3)19(31)14-20(18)32/h6,13-16,26,28-29,31-32H,5,7-12H2,1-4H3,(H2,27,33)/b21-6+,26-22?. The zero-order chi connectivity index (χ0) is 24.8. The predicted octanol–water partition coefficient (Wildman–Crippen LogP) is 4.35. The third-order valence-corrected chi connectivity index (χ3v) is 7.18. The Morgan fingerprint density at radius 2 is 2.00 bits per heavy atom. The van der Waals surface area contributed by atoms with Crippen molar-refractivity contribution >= 4 is 34.5 Å². The molecule has 7 N–H and O–H groups in total. The highest BCUT2D eigenvalue weighted by Gasteiger charge is 2.39. The van der Waals surface area contributed by atoms with Crippen LogP contribution in [-0.2, 0) is 0 Å². The van der Waals surface area contributed by atoms with Crippen LogP contribution in [0.2, 0.25) is 0 Å². The highest BCUT2D eigenvalue weighted by Crippen LogP contribution is 2.37. The van der Waals surface area contributed by atoms with Crippen LogP contribution in [0.25, 0.3) is 0 Å². The number of amidine groups is 1. The molecule has 0 aromatic heterocycles. The Kier molecular flexibility index (Phi) is 9.84. The molecule has 1 saturated heterocycles. The average Bonchev–Trinajstić information content (AvgIpc) is 2.73. The number of alkyl halides is 1. The van der Waals surface area contributed by atoms with E-state index in [1.54, 1.807) is 6.07 Å². The van der Waals surface area contributed by atoms with Gasteiger partial charge in [0.1, 0.15) is 20.9 Å². The maximum Gasteiger partial charge on any atom is 0.321 e. The Balaban J connectivity index is 2.32. The van der Waals surface area contributed by atoms with Crippen LogP contribution in [-0.4, -0.2) is 50.2 Å². The summed E-state index contributed by atoms with van der Waals surface area (Å²) in [5, 5.41) is 36.3. The molecule has 33 heavy (non-hydrogen) atoms. The zero-order valence-corrected chi connectivity index (χ0v) is 22.2. The summed E-state index contributed by atoms with van der Waals surface area (Å²) in [5.41, 5.74) is 7.29. The number of halogens is 1. The van der Waals surface area contributed by atoms with E-state index in [9.17, 15) is 15.0 Å². The maximum atomic E-state index is 12.6. The number of phenols is 2. The minimum Gasteiger partial charge on any atom is -0.508 e. The molecule has 1 aliphatic heterocycles. The van der Waals surface area contributed by atoms with Crippen LogP contribution in [0.3, 0.4) is 0 Å². The van der Waals surface area contributed by atoms with E-state index in [2.05, 4.69) is 33.2 Å². The SMILES string of the molecule is CC/C=C(/NCCC1CCNCC1)C(C)(I)N(C(=N)c1cc(C(C)C)c(O)cc1O)C(N)=O. The summed E-state index contributed by atoms with van der Waals surface area (Å²) in [4.78, 5) is 13.8. The lowest BCUT2D eigenvalue weighted by Gasteiger charge is -2.38. The van der Waals surface area contributed by atoms with Gasteiger partial charge in [0.25, 0.3) is 0 Å². The first-order valence-electron chi connectivity index (χ1n) is 11.6. The first-order valence-corrected chi connectivity index (χ1v) is 12.7. The highest BCUT2D eigenvalue weighted by molar-refractivity contribution is 14.1. The van der Waals surface area contributed by atoms with Gasteiger partial charge in [-0.05, 0) is 91.8 Å². The van der Waals surface area contributed by atoms with Crippen molar-refractivity contribution in [3.8, 4) is 11.5 Å². The minimum absolute atomic E-state index is 0.0302. The topological polar surface area (TPSA) is 135 Å². The number of benzene rings is 1. The maximum absolute atomic E-state index is 12.6. The van der Waals surface area contributed by atoms with Crippen LogP contribution >= 0.6 is 22.6 Å². The molecule has 1 fully saturated rings. The summed E-state index contributed by atoms with van der Waals surface area (Å²) in [6.45, 7) is 10.5. The molecule has 1 aliphatic rings. The molecule has 0 bridgehead atoms. The Morgan fingerprint density at radius 1 is 1.36 bits per heavy atom. The van der Waals surface area contributed by atoms with Crippen molar-refractivity contribution in [1.82, 2.24) is 15.5 Å². The molecule has 2 amide bonds. The number of rotatable bonds is 9. The average molecular weight is 572 g/mol. The summed E-state index contributed by atoms with van der Waals surface area (Å²) in [6, 6.07) is 1.97. The van der Waals surface area contributed by atoms with Crippen molar-refractivity contribution in [2.75, 3.05) is 19.6 Å². The fraction of sp³-hybridized carbons (Fsp3) is 0.583. The normalized spacial score (nSPS) is 17.0. The number of allylic oxidation sites excluding steroid dienone is 1. The van der Waals surface area contributed by atoms with Crippen molar-refractivity contribution in [3.05, 3.63) is 35.0 Å². The van der Waals surface area contributed by atoms with Crippen LogP contribution in [0.4, 0.5) is 4.79 Å². The molecule has 1 aromatic carbocycles. The van der Waals surface area contributed by atoms with E-state index in [4.69, 9.17) is 11.1 Å². The molecule has 9 heteroatoms. The second-order valence-electron chi connectivity index (χ2n) is 8.99. The lowest BCUT2D eigenvalue weighted by atomic mass is 9.94. The van der Waals surface area contributed by atoms with Gasteiger partial charge < -0.3 is 26.6 Å². The Morgan fingerprint density at radius 3 is 2.55 bits per heavy atom. The molecular weight excluding hydrogens is 533 g/mol. The number of nitrogens with two attached hydrogens (primary N) is 1. The molecule has 0 spiro atoms. The van der Waals surface area contributed by atoms with E-state index < -0.39 is 9.58 Å². The number of urea groups is 1. The molecule has 0 aliphatic carbocycles. The number of phenolic OH excluding ortho intramolecular Hbond substituents is 2. The zero-order valence-electron chi connectivity index (χ0n) is 20.0. The van der Waals surface area contributed by atoms with E-state index >= 15 is 0 Å². The molecule has 0 saturated carbocycles. The molecule has 8 nitrogen and oxygen atoms in total. The molecular formula is C24H38IN5O3. The highest BCUT2D eigenvalue weighted by atomic mass is 127. The minimum atomic E-state index is -0.979. The third-order valence-electron chi connectivity index (χ3n) is 6.11. The van der Waals surface area contributed by atoms with Crippen molar-refractivity contribution in [2.24, 2.45) is 11.7 Å². The first-order chi connectivity index (χ1) is 15.5. The Bertz CT molecular complexity index is 879. The monoisotopic (exact) mass is 571 g/mol. The van der Waals surface area contributed by atoms with Gasteiger partial charge in [0.05, 0.1) is 5.56 Å². The Labute approximate surface area is 210 Å². The summed E-state index contributed by atoms with van der Waals surface area (Å²) < 4.78 is -0.979. The number of aromatic hydroxyl groups is 2. The molecule has 2 rings (SSSR count). The molecule has 1 atom stereocenters. The van der Waals surface area contributed by atoms with Crippen LogP contribution < -0.4 is 16.4 Å². The number of piperidine rings is 1. The predicted molar refractivity (Wildman–Crippen MR) is 141 cm³/mol. The third kappa shape index (κ3) is 6.75. The molecule has 1 aromatic rings. The largest absolute Gasteiger partial charge is 0.508 e. The Hall–Kier alpha value is -2.01. The summed E-state index contributed by atoms with van der Waals surface area (Å²) >= 11 is 2.13. The van der Waals surface area contributed by atoms with Crippen LogP contribution in [0.1, 0.15) is 70.4 Å². The van der Waals surface area contributed by atoms with E-state index in [1.807, 2.05) is 33.8 Å². The van der Waals surface area contributed by atoms with Crippen LogP contribution in [0.5, 0.6) is 11.5 Å². The molecule has 1 unspecified atom stereocenters. The van der Waals surface area contributed by atoms with Crippen molar-refractivity contribution in [1.29, 1.82) is 5.41 Å². The fourth-order valence-corrected chi connectivity index (χ4v) is 5.11. The van der Waals surface area contributed by atoms with Gasteiger partial charge in [-0.15, -0.1) is 0 Å². The van der Waals surface area contributed by atoms with E-state index in [-0.39, 0.29) is 28.8 Å². The van der Waals surface area contributed by atoms with Crippen LogP contribution in [0, 0.1) is 11.3 Å². The number of carbonyl (C=O) groups is 1. The second-order valence-corrected chi connectivity index (χ2v) is 11.1. The molecule has 184 valence electrons. The first kappa shape index (κ1) is 27.2. The number of hydrogen-bond donors (Lipinski definition) is 6. The van der Waals surface area contributed by atoms with Crippen molar-refractivity contribution in [2.45, 2.75) is 62.8 Å². The lowest BCUT2D eigenvalue weighted by molar-refractivity contribution is 0.220. The van der Waals surface area contributed by atoms with E-state index in [0.29, 0.717) is 11.5 Å². The van der Waals surface area contributed by atoms with Crippen LogP contribution in [0.15, 0.2) is 23.9 Å². The van der Waals surface area contributed by atoms with Gasteiger partial charge in [0, 0.05) is 18.3 Å². The second kappa shape index (κ2) is 11.9. The van der Waals surface area contributed by atoms with E-state index in [0.717, 1.165) is 51.0 Å². The van der Waals surface area contributed by atoms with Gasteiger partial charge in [0.15, 0.2) is 0 Å². The van der Waals surface area contributed by atoms with Crippen molar-refractivity contribution in [3.63, 3.8) is 0 Å². The molecule has 0 radical (unpaired) electrons. The van der Waals surface area contributed by atoms with Crippen molar-refractivity contribution < 1.29 is 15.0 Å². The van der Waals surface area contributed by atoms with E-state index in [1.165, 1.54) is 11.0 Å². The fourth-order valence-electron chi connectivity index (χ4n) is 4.22. The number of carbonyl (C=O) groups excluding carboxylic acids is 1. The number of amides is 2. The number of nitrogens with one attached hydrogen (secondary N) is 3. The summed E-state index contributed by atoms with van der Waals surface area (Å²) in [5.74, 6) is 0.0858.